The molecule has 0 aromatic heterocycles. The Morgan fingerprint density at radius 2 is 1.21 bits per heavy atom. The van der Waals surface area contributed by atoms with Crippen molar-refractivity contribution < 1.29 is 74.7 Å². The first-order valence-corrected chi connectivity index (χ1v) is 10.4. The van der Waals surface area contributed by atoms with E-state index in [-0.39, 0.29) is 0 Å². The summed E-state index contributed by atoms with van der Waals surface area (Å²) in [5.41, 5.74) is 0. The van der Waals surface area contributed by atoms with Gasteiger partial charge in [0.2, 0.25) is 0 Å². The molecule has 0 bridgehead atoms. The Bertz CT molecular complexity index is 624. The lowest BCUT2D eigenvalue weighted by atomic mass is 9.97. The minimum atomic E-state index is -1.87. The Morgan fingerprint density at radius 3 is 1.85 bits per heavy atom. The smallest absolute Gasteiger partial charge is 0.187 e. The third-order valence-electron chi connectivity index (χ3n) is 6.03. The first-order chi connectivity index (χ1) is 15.5. The largest absolute Gasteiger partial charge is 0.394 e. The summed E-state index contributed by atoms with van der Waals surface area (Å²) in [6, 6.07) is 0. The number of aliphatic hydroxyl groups is 10. The Balaban J connectivity index is 1.70. The van der Waals surface area contributed by atoms with Crippen LogP contribution in [-0.2, 0) is 23.7 Å². The second kappa shape index (κ2) is 11.0. The van der Waals surface area contributed by atoms with Crippen LogP contribution in [0, 0.1) is 0 Å². The summed E-state index contributed by atoms with van der Waals surface area (Å²) < 4.78 is 26.6. The summed E-state index contributed by atoms with van der Waals surface area (Å²) in [5, 5.41) is 99.3. The highest BCUT2D eigenvalue weighted by molar-refractivity contribution is 4.94. The summed E-state index contributed by atoms with van der Waals surface area (Å²) in [7, 11) is 0. The molecule has 0 radical (unpaired) electrons. The van der Waals surface area contributed by atoms with Crippen LogP contribution in [0.4, 0.5) is 0 Å². The second-order valence-corrected chi connectivity index (χ2v) is 8.36. The summed E-state index contributed by atoms with van der Waals surface area (Å²) in [6.07, 6.45) is -23.5. The quantitative estimate of drug-likeness (QED) is 0.167. The summed E-state index contributed by atoms with van der Waals surface area (Å²) in [5.74, 6) is 0. The number of rotatable bonds is 6. The van der Waals surface area contributed by atoms with E-state index in [1.807, 2.05) is 0 Å². The summed E-state index contributed by atoms with van der Waals surface area (Å²) in [6.45, 7) is 0.142. The zero-order chi connectivity index (χ0) is 24.6. The standard InChI is InChI=1S/C18H32O15/c1-4-7(20)9(22)14(27)18(30-4)33-15-6(31-16(28)12(25)11(15)24)3-29-17-13(26)10(23)8(21)5(2-19)32-17/h4-28H,2-3H2,1H3/t4-,5+,6+,7+,8+,9+,10-,11+,12+,13+,14-,15+,16+,17+,18-/m0/s1. The van der Waals surface area contributed by atoms with Crippen LogP contribution in [0.25, 0.3) is 0 Å². The Labute approximate surface area is 187 Å². The van der Waals surface area contributed by atoms with E-state index in [0.717, 1.165) is 0 Å². The van der Waals surface area contributed by atoms with Gasteiger partial charge in [0.15, 0.2) is 18.9 Å². The molecule has 10 N–H and O–H groups in total. The molecule has 15 nitrogen and oxygen atoms in total. The minimum Gasteiger partial charge on any atom is -0.394 e. The molecule has 0 aliphatic carbocycles. The molecule has 0 spiro atoms. The number of hydrogen-bond acceptors (Lipinski definition) is 15. The molecule has 3 aliphatic rings. The zero-order valence-electron chi connectivity index (χ0n) is 17.6. The molecule has 15 heteroatoms. The topological polar surface area (TPSA) is 248 Å². The van der Waals surface area contributed by atoms with Crippen molar-refractivity contribution in [3.63, 3.8) is 0 Å². The second-order valence-electron chi connectivity index (χ2n) is 8.36. The Kier molecular flexibility index (Phi) is 8.99. The predicted octanol–water partition coefficient (Wildman–Crippen LogP) is -6.55. The van der Waals surface area contributed by atoms with Crippen molar-refractivity contribution in [3.05, 3.63) is 0 Å². The number of hydrogen-bond donors (Lipinski definition) is 10. The maximum atomic E-state index is 10.4. The van der Waals surface area contributed by atoms with Crippen LogP contribution in [0.1, 0.15) is 6.92 Å². The Morgan fingerprint density at radius 1 is 0.606 bits per heavy atom. The van der Waals surface area contributed by atoms with Crippen molar-refractivity contribution >= 4 is 0 Å². The van der Waals surface area contributed by atoms with E-state index in [2.05, 4.69) is 0 Å². The van der Waals surface area contributed by atoms with Gasteiger partial charge >= 0.3 is 0 Å². The van der Waals surface area contributed by atoms with Gasteiger partial charge in [-0.15, -0.1) is 0 Å². The molecule has 0 aromatic carbocycles. The third-order valence-corrected chi connectivity index (χ3v) is 6.03. The maximum Gasteiger partial charge on any atom is 0.187 e. The van der Waals surface area contributed by atoms with Gasteiger partial charge in [-0.2, -0.15) is 0 Å². The molecule has 194 valence electrons. The predicted molar refractivity (Wildman–Crippen MR) is 99.8 cm³/mol. The average Bonchev–Trinajstić information content (AvgIpc) is 2.79. The van der Waals surface area contributed by atoms with Gasteiger partial charge in [-0.1, -0.05) is 0 Å². The van der Waals surface area contributed by atoms with E-state index in [1.54, 1.807) is 0 Å². The molecule has 3 fully saturated rings. The zero-order valence-corrected chi connectivity index (χ0v) is 17.6. The van der Waals surface area contributed by atoms with Crippen LogP contribution in [0.5, 0.6) is 0 Å². The molecule has 0 unspecified atom stereocenters. The molecule has 3 saturated heterocycles. The molecule has 3 heterocycles. The van der Waals surface area contributed by atoms with Crippen LogP contribution in [0.15, 0.2) is 0 Å². The number of aliphatic hydroxyl groups excluding tert-OH is 10. The van der Waals surface area contributed by atoms with Gasteiger partial charge in [-0.3, -0.25) is 0 Å². The first kappa shape index (κ1) is 27.0. The average molecular weight is 488 g/mol. The van der Waals surface area contributed by atoms with Gasteiger partial charge < -0.3 is 74.7 Å². The molecule has 3 rings (SSSR count). The van der Waals surface area contributed by atoms with Crippen LogP contribution in [-0.4, -0.2) is 156 Å². The SMILES string of the molecule is C[C@@H]1O[C@@H](O[C@H]2[C@H](O)[C@@H](O)[C@H](O)O[C@@H]2CO[C@@H]2O[C@H](CO)[C@@H](O)[C@H](O)[C@H]2O)[C@@H](O)[C@H](O)[C@@H]1O. The minimum absolute atomic E-state index is 0.572. The van der Waals surface area contributed by atoms with Gasteiger partial charge in [-0.25, -0.2) is 0 Å². The van der Waals surface area contributed by atoms with E-state index < -0.39 is 105 Å². The van der Waals surface area contributed by atoms with Crippen molar-refractivity contribution in [2.75, 3.05) is 13.2 Å². The van der Waals surface area contributed by atoms with Crippen molar-refractivity contribution in [1.82, 2.24) is 0 Å². The van der Waals surface area contributed by atoms with Gasteiger partial charge in [0.05, 0.1) is 19.3 Å². The molecule has 3 aliphatic heterocycles. The summed E-state index contributed by atoms with van der Waals surface area (Å²) in [4.78, 5) is 0. The fourth-order valence-corrected chi connectivity index (χ4v) is 3.90. The highest BCUT2D eigenvalue weighted by atomic mass is 16.7. The fraction of sp³-hybridized carbons (Fsp3) is 1.00. The molecule has 33 heavy (non-hydrogen) atoms. The van der Waals surface area contributed by atoms with Crippen molar-refractivity contribution in [2.24, 2.45) is 0 Å². The fourth-order valence-electron chi connectivity index (χ4n) is 3.90. The van der Waals surface area contributed by atoms with Crippen molar-refractivity contribution in [2.45, 2.75) is 99.0 Å². The van der Waals surface area contributed by atoms with Crippen LogP contribution in [0.3, 0.4) is 0 Å². The van der Waals surface area contributed by atoms with E-state index in [4.69, 9.17) is 23.7 Å². The van der Waals surface area contributed by atoms with Crippen LogP contribution < -0.4 is 0 Å². The lowest BCUT2D eigenvalue weighted by Crippen LogP contribution is -2.64. The molecule has 0 amide bonds. The maximum absolute atomic E-state index is 10.4. The summed E-state index contributed by atoms with van der Waals surface area (Å²) >= 11 is 0. The van der Waals surface area contributed by atoms with Crippen LogP contribution in [0.2, 0.25) is 0 Å². The van der Waals surface area contributed by atoms with Crippen LogP contribution >= 0.6 is 0 Å². The van der Waals surface area contributed by atoms with E-state index in [1.165, 1.54) is 6.92 Å². The Hall–Kier alpha value is -0.600. The van der Waals surface area contributed by atoms with Gasteiger partial charge in [-0.05, 0) is 6.92 Å². The van der Waals surface area contributed by atoms with Crippen molar-refractivity contribution in [3.8, 4) is 0 Å². The van der Waals surface area contributed by atoms with E-state index in [9.17, 15) is 51.1 Å². The monoisotopic (exact) mass is 488 g/mol. The van der Waals surface area contributed by atoms with E-state index >= 15 is 0 Å². The normalized spacial score (nSPS) is 53.7. The van der Waals surface area contributed by atoms with Crippen molar-refractivity contribution in [1.29, 1.82) is 0 Å². The molecular weight excluding hydrogens is 456 g/mol. The highest BCUT2D eigenvalue weighted by Gasteiger charge is 2.51. The van der Waals surface area contributed by atoms with Gasteiger partial charge in [0, 0.05) is 0 Å². The van der Waals surface area contributed by atoms with Gasteiger partial charge in [0.1, 0.15) is 67.1 Å². The first-order valence-electron chi connectivity index (χ1n) is 10.4. The lowest BCUT2D eigenvalue weighted by Gasteiger charge is -2.46. The molecule has 0 saturated carbocycles. The molecule has 0 aromatic rings. The number of ether oxygens (including phenoxy) is 5. The molecule has 15 atom stereocenters. The van der Waals surface area contributed by atoms with E-state index in [0.29, 0.717) is 0 Å². The highest BCUT2D eigenvalue weighted by Crippen LogP contribution is 2.30. The lowest BCUT2D eigenvalue weighted by molar-refractivity contribution is -0.360. The molecular formula is C18H32O15. The van der Waals surface area contributed by atoms with Gasteiger partial charge in [0.25, 0.3) is 0 Å². The third kappa shape index (κ3) is 5.48.